The molecular weight excluding hydrogens is 160 g/mol. The van der Waals surface area contributed by atoms with Crippen molar-refractivity contribution in [2.75, 3.05) is 0 Å². The third-order valence-electron chi connectivity index (χ3n) is 3.20. The predicted octanol–water partition coefficient (Wildman–Crippen LogP) is 3.06. The minimum atomic E-state index is -0.649. The second-order valence-corrected chi connectivity index (χ2v) is 4.04. The molecule has 0 spiro atoms. The zero-order valence-electron chi connectivity index (χ0n) is 9.09. The van der Waals surface area contributed by atoms with Gasteiger partial charge in [0.25, 0.3) is 0 Å². The first-order valence-corrected chi connectivity index (χ1v) is 5.16. The Hall–Kier alpha value is -0.560. The first-order chi connectivity index (χ1) is 6.03. The van der Waals surface area contributed by atoms with E-state index in [2.05, 4.69) is 26.8 Å². The summed E-state index contributed by atoms with van der Waals surface area (Å²) in [5, 5.41) is 10.0. The smallest absolute Gasteiger partial charge is 0.0865 e. The maximum Gasteiger partial charge on any atom is 0.0865 e. The average molecular weight is 180 g/mol. The molecule has 0 heterocycles. The standard InChI is InChI=1S/C12H20O/c1-5-10-7-8-12(4,13)9(3)11(10)6-2/h7-9,13H,5-6H2,1-4H3. The van der Waals surface area contributed by atoms with Crippen LogP contribution >= 0.6 is 0 Å². The molecule has 2 atom stereocenters. The molecule has 0 aromatic rings. The van der Waals surface area contributed by atoms with E-state index in [0.717, 1.165) is 12.8 Å². The van der Waals surface area contributed by atoms with E-state index in [1.54, 1.807) is 0 Å². The molecular formula is C12H20O. The number of allylic oxidation sites excluding steroid dienone is 2. The second kappa shape index (κ2) is 3.67. The monoisotopic (exact) mass is 180 g/mol. The fraction of sp³-hybridized carbons (Fsp3) is 0.667. The largest absolute Gasteiger partial charge is 0.385 e. The summed E-state index contributed by atoms with van der Waals surface area (Å²) in [6.07, 6.45) is 6.12. The van der Waals surface area contributed by atoms with Gasteiger partial charge in [-0.15, -0.1) is 0 Å². The number of rotatable bonds is 2. The summed E-state index contributed by atoms with van der Waals surface area (Å²) in [6, 6.07) is 0. The van der Waals surface area contributed by atoms with E-state index >= 15 is 0 Å². The Bertz CT molecular complexity index is 246. The molecule has 0 aliphatic heterocycles. The van der Waals surface area contributed by atoms with E-state index in [-0.39, 0.29) is 5.92 Å². The van der Waals surface area contributed by atoms with Gasteiger partial charge in [0, 0.05) is 5.92 Å². The van der Waals surface area contributed by atoms with Crippen molar-refractivity contribution < 1.29 is 5.11 Å². The van der Waals surface area contributed by atoms with Crippen molar-refractivity contribution in [3.8, 4) is 0 Å². The lowest BCUT2D eigenvalue weighted by atomic mass is 9.76. The van der Waals surface area contributed by atoms with Gasteiger partial charge in [0.1, 0.15) is 0 Å². The maximum atomic E-state index is 10.0. The molecule has 0 fully saturated rings. The Balaban J connectivity index is 3.04. The third-order valence-corrected chi connectivity index (χ3v) is 3.20. The highest BCUT2D eigenvalue weighted by Gasteiger charge is 2.31. The van der Waals surface area contributed by atoms with Crippen LogP contribution in [0.4, 0.5) is 0 Å². The number of hydrogen-bond donors (Lipinski definition) is 1. The minimum absolute atomic E-state index is 0.262. The van der Waals surface area contributed by atoms with Crippen LogP contribution < -0.4 is 0 Å². The Kier molecular flexibility index (Phi) is 2.97. The van der Waals surface area contributed by atoms with Crippen LogP contribution in [0.15, 0.2) is 23.3 Å². The molecule has 1 nitrogen and oxygen atoms in total. The number of aliphatic hydroxyl groups is 1. The van der Waals surface area contributed by atoms with Gasteiger partial charge >= 0.3 is 0 Å². The molecule has 1 aliphatic rings. The minimum Gasteiger partial charge on any atom is -0.385 e. The van der Waals surface area contributed by atoms with E-state index in [4.69, 9.17) is 0 Å². The van der Waals surface area contributed by atoms with Gasteiger partial charge in [0.15, 0.2) is 0 Å². The van der Waals surface area contributed by atoms with Gasteiger partial charge in [-0.05, 0) is 25.3 Å². The lowest BCUT2D eigenvalue weighted by Crippen LogP contribution is -2.34. The summed E-state index contributed by atoms with van der Waals surface area (Å²) in [5.41, 5.74) is 2.17. The molecule has 0 aromatic heterocycles. The molecule has 1 rings (SSSR count). The normalized spacial score (nSPS) is 34.1. The zero-order chi connectivity index (χ0) is 10.1. The summed E-state index contributed by atoms with van der Waals surface area (Å²) in [7, 11) is 0. The van der Waals surface area contributed by atoms with Crippen LogP contribution in [0.1, 0.15) is 40.5 Å². The second-order valence-electron chi connectivity index (χ2n) is 4.04. The third kappa shape index (κ3) is 1.86. The maximum absolute atomic E-state index is 10.0. The summed E-state index contributed by atoms with van der Waals surface area (Å²) < 4.78 is 0. The van der Waals surface area contributed by atoms with Crippen LogP contribution in [0.2, 0.25) is 0 Å². The Labute approximate surface area is 81.2 Å². The zero-order valence-corrected chi connectivity index (χ0v) is 9.09. The summed E-state index contributed by atoms with van der Waals surface area (Å²) in [6.45, 7) is 8.33. The Morgan fingerprint density at radius 1 is 1.38 bits per heavy atom. The molecule has 74 valence electrons. The molecule has 1 heteroatoms. The first kappa shape index (κ1) is 10.5. The molecule has 1 aliphatic carbocycles. The molecule has 0 amide bonds. The van der Waals surface area contributed by atoms with E-state index in [0.29, 0.717) is 0 Å². The molecule has 0 bridgehead atoms. The van der Waals surface area contributed by atoms with Crippen LogP contribution in [0.25, 0.3) is 0 Å². The van der Waals surface area contributed by atoms with Gasteiger partial charge in [0.2, 0.25) is 0 Å². The van der Waals surface area contributed by atoms with E-state index < -0.39 is 5.60 Å². The highest BCUT2D eigenvalue weighted by Crippen LogP contribution is 2.35. The molecule has 0 saturated carbocycles. The quantitative estimate of drug-likeness (QED) is 0.692. The molecule has 2 unspecified atom stereocenters. The van der Waals surface area contributed by atoms with Crippen molar-refractivity contribution in [2.24, 2.45) is 5.92 Å². The predicted molar refractivity (Wildman–Crippen MR) is 56.5 cm³/mol. The van der Waals surface area contributed by atoms with Crippen LogP contribution in [-0.2, 0) is 0 Å². The van der Waals surface area contributed by atoms with Gasteiger partial charge in [-0.3, -0.25) is 0 Å². The van der Waals surface area contributed by atoms with Crippen molar-refractivity contribution in [2.45, 2.75) is 46.1 Å². The van der Waals surface area contributed by atoms with E-state index in [1.807, 2.05) is 13.0 Å². The summed E-state index contributed by atoms with van der Waals surface area (Å²) in [5.74, 6) is 0.262. The summed E-state index contributed by atoms with van der Waals surface area (Å²) in [4.78, 5) is 0. The van der Waals surface area contributed by atoms with Gasteiger partial charge in [-0.25, -0.2) is 0 Å². The van der Waals surface area contributed by atoms with Crippen molar-refractivity contribution in [1.29, 1.82) is 0 Å². The van der Waals surface area contributed by atoms with Crippen molar-refractivity contribution >= 4 is 0 Å². The lowest BCUT2D eigenvalue weighted by Gasteiger charge is -2.34. The SMILES string of the molecule is CCC1=C(CC)C(C)C(C)(O)C=C1. The van der Waals surface area contributed by atoms with Crippen molar-refractivity contribution in [1.82, 2.24) is 0 Å². The average Bonchev–Trinajstić information content (AvgIpc) is 2.09. The van der Waals surface area contributed by atoms with Crippen molar-refractivity contribution in [3.05, 3.63) is 23.3 Å². The highest BCUT2D eigenvalue weighted by molar-refractivity contribution is 5.35. The van der Waals surface area contributed by atoms with E-state index in [9.17, 15) is 5.11 Å². The van der Waals surface area contributed by atoms with E-state index in [1.165, 1.54) is 11.1 Å². The number of hydrogen-bond acceptors (Lipinski definition) is 1. The van der Waals surface area contributed by atoms with Gasteiger partial charge in [-0.2, -0.15) is 0 Å². The highest BCUT2D eigenvalue weighted by atomic mass is 16.3. The van der Waals surface area contributed by atoms with Gasteiger partial charge < -0.3 is 5.11 Å². The summed E-state index contributed by atoms with van der Waals surface area (Å²) >= 11 is 0. The molecule has 13 heavy (non-hydrogen) atoms. The fourth-order valence-corrected chi connectivity index (χ4v) is 2.03. The first-order valence-electron chi connectivity index (χ1n) is 5.16. The molecule has 1 N–H and O–H groups in total. The van der Waals surface area contributed by atoms with Gasteiger partial charge in [0.05, 0.1) is 5.60 Å². The topological polar surface area (TPSA) is 20.2 Å². The molecule has 0 aromatic carbocycles. The van der Waals surface area contributed by atoms with Crippen LogP contribution in [0, 0.1) is 5.92 Å². The Morgan fingerprint density at radius 3 is 2.46 bits per heavy atom. The van der Waals surface area contributed by atoms with Crippen LogP contribution in [-0.4, -0.2) is 10.7 Å². The molecule has 0 radical (unpaired) electrons. The Morgan fingerprint density at radius 2 is 2.00 bits per heavy atom. The van der Waals surface area contributed by atoms with Crippen LogP contribution in [0.3, 0.4) is 0 Å². The fourth-order valence-electron chi connectivity index (χ4n) is 2.03. The lowest BCUT2D eigenvalue weighted by molar-refractivity contribution is 0.0661. The van der Waals surface area contributed by atoms with Crippen LogP contribution in [0.5, 0.6) is 0 Å². The van der Waals surface area contributed by atoms with Crippen molar-refractivity contribution in [3.63, 3.8) is 0 Å². The van der Waals surface area contributed by atoms with Gasteiger partial charge in [-0.1, -0.05) is 38.5 Å². The molecule has 0 saturated heterocycles.